The predicted octanol–water partition coefficient (Wildman–Crippen LogP) is 2.31. The van der Waals surface area contributed by atoms with Gasteiger partial charge in [0.05, 0.1) is 6.04 Å². The van der Waals surface area contributed by atoms with Gasteiger partial charge in [-0.25, -0.2) is 4.79 Å². The standard InChI is InChI=1S/C19H26N2O4/c1-19(2,3)25-18(24)20-16(12-14-8-5-4-6-9-14)17(23)21-11-7-10-15(21)13-22/h4-6,8-9,13,15-16H,7,10-12H2,1-3H3,(H,20,24)/t15-,16-/m0/s1. The van der Waals surface area contributed by atoms with Crippen LogP contribution in [0.2, 0.25) is 0 Å². The first kappa shape index (κ1) is 19.0. The summed E-state index contributed by atoms with van der Waals surface area (Å²) in [6.07, 6.45) is 1.97. The van der Waals surface area contributed by atoms with Gasteiger partial charge in [0.25, 0.3) is 0 Å². The zero-order valence-electron chi connectivity index (χ0n) is 15.0. The van der Waals surface area contributed by atoms with Gasteiger partial charge in [0.1, 0.15) is 17.9 Å². The van der Waals surface area contributed by atoms with Gasteiger partial charge in [-0.05, 0) is 39.2 Å². The Morgan fingerprint density at radius 1 is 1.32 bits per heavy atom. The fraction of sp³-hybridized carbons (Fsp3) is 0.526. The van der Waals surface area contributed by atoms with Gasteiger partial charge in [-0.2, -0.15) is 0 Å². The van der Waals surface area contributed by atoms with Gasteiger partial charge in [0, 0.05) is 13.0 Å². The monoisotopic (exact) mass is 346 g/mol. The maximum Gasteiger partial charge on any atom is 0.408 e. The molecule has 1 fully saturated rings. The minimum Gasteiger partial charge on any atom is -0.444 e. The topological polar surface area (TPSA) is 75.7 Å². The first-order valence-corrected chi connectivity index (χ1v) is 8.59. The van der Waals surface area contributed by atoms with Crippen LogP contribution >= 0.6 is 0 Å². The van der Waals surface area contributed by atoms with Crippen molar-refractivity contribution >= 4 is 18.3 Å². The molecule has 1 aromatic rings. The molecular formula is C19H26N2O4. The molecule has 2 amide bonds. The highest BCUT2D eigenvalue weighted by Crippen LogP contribution is 2.18. The van der Waals surface area contributed by atoms with Crippen molar-refractivity contribution in [2.45, 2.75) is 57.7 Å². The number of carbonyl (C=O) groups is 3. The largest absolute Gasteiger partial charge is 0.444 e. The summed E-state index contributed by atoms with van der Waals surface area (Å²) in [6, 6.07) is 8.29. The fourth-order valence-electron chi connectivity index (χ4n) is 2.91. The number of alkyl carbamates (subject to hydrolysis) is 1. The second-order valence-corrected chi connectivity index (χ2v) is 7.27. The van der Waals surface area contributed by atoms with Crippen molar-refractivity contribution in [1.82, 2.24) is 10.2 Å². The Balaban J connectivity index is 2.14. The molecule has 0 unspecified atom stereocenters. The minimum absolute atomic E-state index is 0.246. The van der Waals surface area contributed by atoms with Crippen LogP contribution < -0.4 is 5.32 Å². The van der Waals surface area contributed by atoms with Gasteiger partial charge in [-0.3, -0.25) is 4.79 Å². The molecule has 1 saturated heterocycles. The predicted molar refractivity (Wildman–Crippen MR) is 94.1 cm³/mol. The number of hydrogen-bond donors (Lipinski definition) is 1. The Bertz CT molecular complexity index is 610. The van der Waals surface area contributed by atoms with Crippen LogP contribution in [0.3, 0.4) is 0 Å². The SMILES string of the molecule is CC(C)(C)OC(=O)N[C@@H](Cc1ccccc1)C(=O)N1CCC[C@H]1C=O. The van der Waals surface area contributed by atoms with E-state index in [1.54, 1.807) is 25.7 Å². The van der Waals surface area contributed by atoms with Gasteiger partial charge in [0.15, 0.2) is 0 Å². The molecular weight excluding hydrogens is 320 g/mol. The molecule has 0 saturated carbocycles. The second kappa shape index (κ2) is 8.14. The maximum atomic E-state index is 12.9. The first-order chi connectivity index (χ1) is 11.8. The first-order valence-electron chi connectivity index (χ1n) is 8.59. The summed E-state index contributed by atoms with van der Waals surface area (Å²) in [5.74, 6) is -0.246. The Hall–Kier alpha value is -2.37. The van der Waals surface area contributed by atoms with Crippen LogP contribution in [-0.2, 0) is 20.7 Å². The molecule has 0 aromatic heterocycles. The fourth-order valence-corrected chi connectivity index (χ4v) is 2.91. The summed E-state index contributed by atoms with van der Waals surface area (Å²) < 4.78 is 5.28. The number of ether oxygens (including phenoxy) is 1. The number of likely N-dealkylation sites (tertiary alicyclic amines) is 1. The molecule has 0 radical (unpaired) electrons. The lowest BCUT2D eigenvalue weighted by Crippen LogP contribution is -2.52. The third-order valence-electron chi connectivity index (χ3n) is 4.01. The highest BCUT2D eigenvalue weighted by atomic mass is 16.6. The summed E-state index contributed by atoms with van der Waals surface area (Å²) >= 11 is 0. The third kappa shape index (κ3) is 5.59. The van der Waals surface area contributed by atoms with E-state index < -0.39 is 23.8 Å². The molecule has 2 atom stereocenters. The summed E-state index contributed by atoms with van der Waals surface area (Å²) in [6.45, 7) is 5.83. The van der Waals surface area contributed by atoms with Crippen molar-refractivity contribution in [3.05, 3.63) is 35.9 Å². The molecule has 2 rings (SSSR count). The van der Waals surface area contributed by atoms with Crippen molar-refractivity contribution in [3.8, 4) is 0 Å². The van der Waals surface area contributed by atoms with E-state index in [1.807, 2.05) is 30.3 Å². The van der Waals surface area contributed by atoms with Gasteiger partial charge in [-0.1, -0.05) is 30.3 Å². The maximum absolute atomic E-state index is 12.9. The van der Waals surface area contributed by atoms with E-state index >= 15 is 0 Å². The van der Waals surface area contributed by atoms with E-state index in [1.165, 1.54) is 0 Å². The lowest BCUT2D eigenvalue weighted by molar-refractivity contribution is -0.136. The molecule has 1 N–H and O–H groups in total. The minimum atomic E-state index is -0.766. The van der Waals surface area contributed by atoms with Crippen molar-refractivity contribution < 1.29 is 19.1 Å². The van der Waals surface area contributed by atoms with E-state index in [0.717, 1.165) is 18.3 Å². The third-order valence-corrected chi connectivity index (χ3v) is 4.01. The van der Waals surface area contributed by atoms with Crippen LogP contribution in [0.15, 0.2) is 30.3 Å². The molecule has 1 heterocycles. The van der Waals surface area contributed by atoms with E-state index in [-0.39, 0.29) is 5.91 Å². The van der Waals surface area contributed by atoms with Crippen molar-refractivity contribution in [2.75, 3.05) is 6.54 Å². The smallest absolute Gasteiger partial charge is 0.408 e. The van der Waals surface area contributed by atoms with Crippen LogP contribution in [0.5, 0.6) is 0 Å². The van der Waals surface area contributed by atoms with E-state index in [0.29, 0.717) is 19.4 Å². The van der Waals surface area contributed by atoms with Gasteiger partial charge in [0.2, 0.25) is 5.91 Å². The number of carbonyl (C=O) groups excluding carboxylic acids is 3. The summed E-state index contributed by atoms with van der Waals surface area (Å²) in [7, 11) is 0. The number of aldehydes is 1. The average Bonchev–Trinajstić information content (AvgIpc) is 3.01. The number of hydrogen-bond acceptors (Lipinski definition) is 4. The van der Waals surface area contributed by atoms with Crippen molar-refractivity contribution in [2.24, 2.45) is 0 Å². The summed E-state index contributed by atoms with van der Waals surface area (Å²) in [5, 5.41) is 2.68. The molecule has 6 heteroatoms. The molecule has 1 aromatic carbocycles. The highest BCUT2D eigenvalue weighted by Gasteiger charge is 2.34. The Morgan fingerprint density at radius 3 is 2.60 bits per heavy atom. The van der Waals surface area contributed by atoms with Crippen LogP contribution in [0.4, 0.5) is 4.79 Å². The normalized spacial score (nSPS) is 18.5. The number of rotatable bonds is 5. The second-order valence-electron chi connectivity index (χ2n) is 7.27. The van der Waals surface area contributed by atoms with E-state index in [4.69, 9.17) is 4.74 Å². The molecule has 136 valence electrons. The van der Waals surface area contributed by atoms with Crippen LogP contribution in [-0.4, -0.2) is 47.4 Å². The number of benzene rings is 1. The lowest BCUT2D eigenvalue weighted by atomic mass is 10.0. The quantitative estimate of drug-likeness (QED) is 0.830. The molecule has 1 aliphatic heterocycles. The number of nitrogens with one attached hydrogen (secondary N) is 1. The Labute approximate surface area is 148 Å². The van der Waals surface area contributed by atoms with E-state index in [9.17, 15) is 14.4 Å². The van der Waals surface area contributed by atoms with Crippen LogP contribution in [0.1, 0.15) is 39.2 Å². The zero-order chi connectivity index (χ0) is 18.4. The molecule has 25 heavy (non-hydrogen) atoms. The summed E-state index contributed by atoms with van der Waals surface area (Å²) in [4.78, 5) is 37.8. The van der Waals surface area contributed by atoms with Gasteiger partial charge >= 0.3 is 6.09 Å². The van der Waals surface area contributed by atoms with Crippen molar-refractivity contribution in [3.63, 3.8) is 0 Å². The molecule has 6 nitrogen and oxygen atoms in total. The number of nitrogens with zero attached hydrogens (tertiary/aromatic N) is 1. The van der Waals surface area contributed by atoms with E-state index in [2.05, 4.69) is 5.32 Å². The average molecular weight is 346 g/mol. The van der Waals surface area contributed by atoms with Gasteiger partial charge < -0.3 is 19.7 Å². The molecule has 0 spiro atoms. The Morgan fingerprint density at radius 2 is 2.00 bits per heavy atom. The molecule has 0 bridgehead atoms. The van der Waals surface area contributed by atoms with Crippen LogP contribution in [0.25, 0.3) is 0 Å². The van der Waals surface area contributed by atoms with Gasteiger partial charge in [-0.15, -0.1) is 0 Å². The molecule has 1 aliphatic rings. The molecule has 0 aliphatic carbocycles. The highest BCUT2D eigenvalue weighted by molar-refractivity contribution is 5.88. The zero-order valence-corrected chi connectivity index (χ0v) is 15.0. The number of amides is 2. The summed E-state index contributed by atoms with van der Waals surface area (Å²) in [5.41, 5.74) is 0.280. The van der Waals surface area contributed by atoms with Crippen molar-refractivity contribution in [1.29, 1.82) is 0 Å². The lowest BCUT2D eigenvalue weighted by Gasteiger charge is -2.28. The Kier molecular flexibility index (Phi) is 6.17. The van der Waals surface area contributed by atoms with Crippen LogP contribution in [0, 0.1) is 0 Å².